The summed E-state index contributed by atoms with van der Waals surface area (Å²) in [5.41, 5.74) is 0.377. The number of hydrogen-bond donors (Lipinski definition) is 2. The predicted octanol–water partition coefficient (Wildman–Crippen LogP) is 0.917. The van der Waals surface area contributed by atoms with Crippen LogP contribution in [0.25, 0.3) is 0 Å². The van der Waals surface area contributed by atoms with Gasteiger partial charge in [0.25, 0.3) is 5.91 Å². The molecule has 0 saturated carbocycles. The number of benzene rings is 1. The van der Waals surface area contributed by atoms with E-state index in [0.717, 1.165) is 19.5 Å². The fraction of sp³-hybridized carbons (Fsp3) is 0.364. The molecule has 80 valence electrons. The fourth-order valence-electron chi connectivity index (χ4n) is 1.68. The quantitative estimate of drug-likeness (QED) is 0.758. The summed E-state index contributed by atoms with van der Waals surface area (Å²) >= 11 is 0. The average molecular weight is 208 g/mol. The van der Waals surface area contributed by atoms with Gasteiger partial charge in [-0.3, -0.25) is 4.79 Å². The van der Waals surface area contributed by atoms with Crippen LogP contribution < -0.4 is 10.6 Å². The van der Waals surface area contributed by atoms with E-state index in [-0.39, 0.29) is 17.8 Å². The summed E-state index contributed by atoms with van der Waals surface area (Å²) in [7, 11) is 0. The van der Waals surface area contributed by atoms with Crippen molar-refractivity contribution in [1.29, 1.82) is 0 Å². The molecule has 2 rings (SSSR count). The van der Waals surface area contributed by atoms with Crippen molar-refractivity contribution in [2.24, 2.45) is 0 Å². The van der Waals surface area contributed by atoms with Crippen LogP contribution in [-0.4, -0.2) is 25.0 Å². The third kappa shape index (κ3) is 2.53. The average Bonchev–Trinajstić information content (AvgIpc) is 2.70. The number of hydrogen-bond acceptors (Lipinski definition) is 2. The summed E-state index contributed by atoms with van der Waals surface area (Å²) < 4.78 is 12.8. The molecule has 0 bridgehead atoms. The lowest BCUT2D eigenvalue weighted by Crippen LogP contribution is -2.36. The van der Waals surface area contributed by atoms with E-state index in [1.54, 1.807) is 6.07 Å². The van der Waals surface area contributed by atoms with Gasteiger partial charge in [0.1, 0.15) is 5.82 Å². The minimum atomic E-state index is -0.382. The minimum Gasteiger partial charge on any atom is -0.348 e. The van der Waals surface area contributed by atoms with Crippen LogP contribution in [0.3, 0.4) is 0 Å². The largest absolute Gasteiger partial charge is 0.348 e. The highest BCUT2D eigenvalue weighted by Crippen LogP contribution is 2.05. The first-order valence-corrected chi connectivity index (χ1v) is 5.03. The van der Waals surface area contributed by atoms with Crippen molar-refractivity contribution in [2.45, 2.75) is 12.5 Å². The zero-order chi connectivity index (χ0) is 10.7. The van der Waals surface area contributed by atoms with Gasteiger partial charge in [-0.05, 0) is 31.2 Å². The summed E-state index contributed by atoms with van der Waals surface area (Å²) in [5, 5.41) is 6.01. The molecule has 0 aliphatic carbocycles. The molecule has 1 heterocycles. The Hall–Kier alpha value is -1.42. The molecule has 1 aliphatic heterocycles. The second kappa shape index (κ2) is 4.40. The topological polar surface area (TPSA) is 41.1 Å². The van der Waals surface area contributed by atoms with Gasteiger partial charge < -0.3 is 10.6 Å². The van der Waals surface area contributed by atoms with Crippen LogP contribution in [0.4, 0.5) is 4.39 Å². The SMILES string of the molecule is O=C(N[C@@H]1CCNC1)c1cccc(F)c1. The Morgan fingerprint density at radius 2 is 2.40 bits per heavy atom. The molecule has 1 amide bonds. The first-order valence-electron chi connectivity index (χ1n) is 5.03. The molecular weight excluding hydrogens is 195 g/mol. The molecule has 0 aromatic heterocycles. The maximum atomic E-state index is 12.8. The fourth-order valence-corrected chi connectivity index (χ4v) is 1.68. The number of carbonyl (C=O) groups is 1. The summed E-state index contributed by atoms with van der Waals surface area (Å²) in [5.74, 6) is -0.588. The minimum absolute atomic E-state index is 0.167. The van der Waals surface area contributed by atoms with Crippen molar-refractivity contribution in [3.05, 3.63) is 35.6 Å². The number of carbonyl (C=O) groups excluding carboxylic acids is 1. The molecular formula is C11H13FN2O. The van der Waals surface area contributed by atoms with Crippen LogP contribution in [0.2, 0.25) is 0 Å². The molecule has 2 N–H and O–H groups in total. The molecule has 1 aromatic rings. The summed E-state index contributed by atoms with van der Waals surface area (Å²) in [4.78, 5) is 11.6. The van der Waals surface area contributed by atoms with E-state index in [0.29, 0.717) is 5.56 Å². The van der Waals surface area contributed by atoms with Crippen molar-refractivity contribution in [1.82, 2.24) is 10.6 Å². The molecule has 1 saturated heterocycles. The molecule has 1 atom stereocenters. The Bertz CT molecular complexity index is 361. The lowest BCUT2D eigenvalue weighted by Gasteiger charge is -2.10. The van der Waals surface area contributed by atoms with Gasteiger partial charge in [0.15, 0.2) is 0 Å². The van der Waals surface area contributed by atoms with Crippen LogP contribution in [0, 0.1) is 5.82 Å². The van der Waals surface area contributed by atoms with Gasteiger partial charge >= 0.3 is 0 Å². The van der Waals surface area contributed by atoms with Crippen molar-refractivity contribution in [3.8, 4) is 0 Å². The van der Waals surface area contributed by atoms with Gasteiger partial charge in [-0.1, -0.05) is 6.07 Å². The Morgan fingerprint density at radius 3 is 3.07 bits per heavy atom. The van der Waals surface area contributed by atoms with Crippen molar-refractivity contribution in [2.75, 3.05) is 13.1 Å². The standard InChI is InChI=1S/C11H13FN2O/c12-9-3-1-2-8(6-9)11(15)14-10-4-5-13-7-10/h1-3,6,10,13H,4-5,7H2,(H,14,15)/t10-/m1/s1. The van der Waals surface area contributed by atoms with E-state index in [2.05, 4.69) is 10.6 Å². The molecule has 15 heavy (non-hydrogen) atoms. The van der Waals surface area contributed by atoms with Crippen LogP contribution in [0.5, 0.6) is 0 Å². The third-order valence-electron chi connectivity index (χ3n) is 2.48. The van der Waals surface area contributed by atoms with Gasteiger partial charge in [0, 0.05) is 18.2 Å². The number of nitrogens with one attached hydrogen (secondary N) is 2. The highest BCUT2D eigenvalue weighted by atomic mass is 19.1. The second-order valence-corrected chi connectivity index (χ2v) is 3.67. The lowest BCUT2D eigenvalue weighted by molar-refractivity contribution is 0.0939. The van der Waals surface area contributed by atoms with Gasteiger partial charge in [-0.15, -0.1) is 0 Å². The smallest absolute Gasteiger partial charge is 0.251 e. The predicted molar refractivity (Wildman–Crippen MR) is 55.1 cm³/mol. The highest BCUT2D eigenvalue weighted by Gasteiger charge is 2.17. The first kappa shape index (κ1) is 10.1. The van der Waals surface area contributed by atoms with Crippen molar-refractivity contribution < 1.29 is 9.18 Å². The zero-order valence-corrected chi connectivity index (χ0v) is 8.29. The Balaban J connectivity index is 2.01. The van der Waals surface area contributed by atoms with Gasteiger partial charge in [0.05, 0.1) is 0 Å². The molecule has 0 unspecified atom stereocenters. The van der Waals surface area contributed by atoms with E-state index in [9.17, 15) is 9.18 Å². The van der Waals surface area contributed by atoms with Crippen molar-refractivity contribution >= 4 is 5.91 Å². The summed E-state index contributed by atoms with van der Waals surface area (Å²) in [6.45, 7) is 1.72. The van der Waals surface area contributed by atoms with Crippen molar-refractivity contribution in [3.63, 3.8) is 0 Å². The maximum absolute atomic E-state index is 12.8. The molecule has 0 spiro atoms. The van der Waals surface area contributed by atoms with E-state index in [4.69, 9.17) is 0 Å². The Labute approximate surface area is 87.7 Å². The second-order valence-electron chi connectivity index (χ2n) is 3.67. The first-order chi connectivity index (χ1) is 7.25. The molecule has 1 aliphatic rings. The molecule has 3 nitrogen and oxygen atoms in total. The number of halogens is 1. The van der Waals surface area contributed by atoms with E-state index in [1.807, 2.05) is 0 Å². The van der Waals surface area contributed by atoms with E-state index in [1.165, 1.54) is 18.2 Å². The van der Waals surface area contributed by atoms with Gasteiger partial charge in [-0.25, -0.2) is 4.39 Å². The van der Waals surface area contributed by atoms with Gasteiger partial charge in [-0.2, -0.15) is 0 Å². The maximum Gasteiger partial charge on any atom is 0.251 e. The normalized spacial score (nSPS) is 20.2. The molecule has 0 radical (unpaired) electrons. The van der Waals surface area contributed by atoms with Crippen LogP contribution in [0.1, 0.15) is 16.8 Å². The van der Waals surface area contributed by atoms with Crippen LogP contribution >= 0.6 is 0 Å². The van der Waals surface area contributed by atoms with Crippen LogP contribution in [-0.2, 0) is 0 Å². The number of rotatable bonds is 2. The third-order valence-corrected chi connectivity index (χ3v) is 2.48. The lowest BCUT2D eigenvalue weighted by atomic mass is 10.2. The zero-order valence-electron chi connectivity index (χ0n) is 8.29. The Kier molecular flexibility index (Phi) is 2.97. The monoisotopic (exact) mass is 208 g/mol. The summed E-state index contributed by atoms with van der Waals surface area (Å²) in [6, 6.07) is 5.89. The molecule has 4 heteroatoms. The Morgan fingerprint density at radius 1 is 1.53 bits per heavy atom. The molecule has 1 fully saturated rings. The summed E-state index contributed by atoms with van der Waals surface area (Å²) in [6.07, 6.45) is 0.932. The highest BCUT2D eigenvalue weighted by molar-refractivity contribution is 5.94. The van der Waals surface area contributed by atoms with E-state index >= 15 is 0 Å². The van der Waals surface area contributed by atoms with Gasteiger partial charge in [0.2, 0.25) is 0 Å². The van der Waals surface area contributed by atoms with Crippen LogP contribution in [0.15, 0.2) is 24.3 Å². The number of amides is 1. The molecule has 1 aromatic carbocycles. The van der Waals surface area contributed by atoms with E-state index < -0.39 is 0 Å².